The molecule has 0 aliphatic carbocycles. The molecule has 0 aliphatic rings. The topological polar surface area (TPSA) is 75.5 Å². The lowest BCUT2D eigenvalue weighted by Crippen LogP contribution is -2.38. The van der Waals surface area contributed by atoms with Crippen molar-refractivity contribution < 1.29 is 14.6 Å². The number of carbonyl (C=O) groups is 1. The first kappa shape index (κ1) is 16.9. The Balaban J connectivity index is 1.56. The van der Waals surface area contributed by atoms with E-state index in [4.69, 9.17) is 4.74 Å². The van der Waals surface area contributed by atoms with Gasteiger partial charge in [-0.1, -0.05) is 18.2 Å². The van der Waals surface area contributed by atoms with Crippen LogP contribution in [0.15, 0.2) is 48.7 Å². The Morgan fingerprint density at radius 3 is 2.61 bits per heavy atom. The van der Waals surface area contributed by atoms with Crippen molar-refractivity contribution in [1.29, 1.82) is 0 Å². The minimum Gasteiger partial charge on any atom is -0.492 e. The molecule has 2 rings (SSSR count). The number of aliphatic hydroxyl groups excluding tert-OH is 1. The van der Waals surface area contributed by atoms with Gasteiger partial charge in [-0.15, -0.1) is 0 Å². The lowest BCUT2D eigenvalue weighted by Gasteiger charge is -2.13. The van der Waals surface area contributed by atoms with Crippen molar-refractivity contribution in [2.24, 2.45) is 7.05 Å². The first-order chi connectivity index (χ1) is 11.2. The van der Waals surface area contributed by atoms with Gasteiger partial charge in [-0.3, -0.25) is 0 Å². The summed E-state index contributed by atoms with van der Waals surface area (Å²) in [5.41, 5.74) is 0.837. The van der Waals surface area contributed by atoms with Crippen molar-refractivity contribution >= 4 is 6.03 Å². The fourth-order valence-electron chi connectivity index (χ4n) is 2.20. The molecular formula is C17H23N3O3. The summed E-state index contributed by atoms with van der Waals surface area (Å²) >= 11 is 0. The minimum absolute atomic E-state index is 0.263. The second kappa shape index (κ2) is 8.85. The summed E-state index contributed by atoms with van der Waals surface area (Å²) in [5, 5.41) is 15.5. The van der Waals surface area contributed by atoms with Crippen LogP contribution in [0.4, 0.5) is 4.79 Å². The van der Waals surface area contributed by atoms with Crippen molar-refractivity contribution in [2.45, 2.75) is 12.5 Å². The molecule has 1 heterocycles. The molecule has 2 aromatic rings. The fourth-order valence-corrected chi connectivity index (χ4v) is 2.20. The molecule has 0 saturated heterocycles. The summed E-state index contributed by atoms with van der Waals surface area (Å²) in [5.74, 6) is 0.778. The van der Waals surface area contributed by atoms with Gasteiger partial charge in [0.15, 0.2) is 0 Å². The number of aromatic nitrogens is 1. The molecule has 1 atom stereocenters. The number of nitrogens with one attached hydrogen (secondary N) is 2. The highest BCUT2D eigenvalue weighted by Crippen LogP contribution is 2.15. The van der Waals surface area contributed by atoms with Crippen molar-refractivity contribution in [1.82, 2.24) is 15.2 Å². The number of benzene rings is 1. The molecule has 0 radical (unpaired) electrons. The average molecular weight is 317 g/mol. The summed E-state index contributed by atoms with van der Waals surface area (Å²) < 4.78 is 7.34. The molecule has 3 N–H and O–H groups in total. The van der Waals surface area contributed by atoms with Gasteiger partial charge in [0.2, 0.25) is 0 Å². The van der Waals surface area contributed by atoms with E-state index in [9.17, 15) is 9.90 Å². The van der Waals surface area contributed by atoms with Crippen molar-refractivity contribution in [3.05, 3.63) is 54.4 Å². The predicted octanol–water partition coefficient (Wildman–Crippen LogP) is 1.83. The van der Waals surface area contributed by atoms with E-state index in [0.717, 1.165) is 11.4 Å². The Kier molecular flexibility index (Phi) is 6.50. The predicted molar refractivity (Wildman–Crippen MR) is 88.3 cm³/mol. The molecular weight excluding hydrogens is 294 g/mol. The number of hydrogen-bond acceptors (Lipinski definition) is 3. The van der Waals surface area contributed by atoms with Crippen LogP contribution >= 0.6 is 0 Å². The van der Waals surface area contributed by atoms with Gasteiger partial charge in [0.1, 0.15) is 12.4 Å². The van der Waals surface area contributed by atoms with Crippen LogP contribution in [0, 0.1) is 0 Å². The van der Waals surface area contributed by atoms with Gasteiger partial charge in [-0.2, -0.15) is 0 Å². The van der Waals surface area contributed by atoms with E-state index in [0.29, 0.717) is 26.1 Å². The molecule has 2 amide bonds. The van der Waals surface area contributed by atoms with Gasteiger partial charge < -0.3 is 25.0 Å². The Morgan fingerprint density at radius 2 is 1.91 bits per heavy atom. The number of carbonyl (C=O) groups excluding carboxylic acids is 1. The molecule has 0 aliphatic heterocycles. The third-order valence-electron chi connectivity index (χ3n) is 3.43. The molecule has 124 valence electrons. The van der Waals surface area contributed by atoms with Crippen LogP contribution in [0.1, 0.15) is 18.2 Å². The zero-order valence-electron chi connectivity index (χ0n) is 13.2. The van der Waals surface area contributed by atoms with Crippen LogP contribution in [0.5, 0.6) is 5.75 Å². The number of ether oxygens (including phenoxy) is 1. The molecule has 1 aromatic heterocycles. The molecule has 6 heteroatoms. The summed E-state index contributed by atoms with van der Waals surface area (Å²) in [6, 6.07) is 12.9. The molecule has 0 saturated carbocycles. The first-order valence-electron chi connectivity index (χ1n) is 7.65. The van der Waals surface area contributed by atoms with Crippen LogP contribution < -0.4 is 15.4 Å². The number of urea groups is 1. The maximum Gasteiger partial charge on any atom is 0.314 e. The number of amides is 2. The summed E-state index contributed by atoms with van der Waals surface area (Å²) in [6.45, 7) is 1.22. The van der Waals surface area contributed by atoms with Gasteiger partial charge in [0.05, 0.1) is 12.6 Å². The number of aliphatic hydroxyl groups is 1. The lowest BCUT2D eigenvalue weighted by molar-refractivity contribution is 0.159. The lowest BCUT2D eigenvalue weighted by atomic mass is 10.2. The molecule has 0 fully saturated rings. The quantitative estimate of drug-likeness (QED) is 0.650. The largest absolute Gasteiger partial charge is 0.492 e. The maximum absolute atomic E-state index is 11.6. The minimum atomic E-state index is -0.586. The van der Waals surface area contributed by atoms with Gasteiger partial charge in [-0.25, -0.2) is 4.79 Å². The SMILES string of the molecule is Cn1cccc1[C@@H](O)CCNC(=O)NCCOc1ccccc1. The molecule has 0 bridgehead atoms. The average Bonchev–Trinajstić information content (AvgIpc) is 2.99. The fraction of sp³-hybridized carbons (Fsp3) is 0.353. The highest BCUT2D eigenvalue weighted by atomic mass is 16.5. The third kappa shape index (κ3) is 5.67. The second-order valence-corrected chi connectivity index (χ2v) is 5.19. The first-order valence-corrected chi connectivity index (χ1v) is 7.65. The van der Waals surface area contributed by atoms with E-state index in [1.807, 2.05) is 60.3 Å². The molecule has 23 heavy (non-hydrogen) atoms. The van der Waals surface area contributed by atoms with Crippen LogP contribution in [0.25, 0.3) is 0 Å². The highest BCUT2D eigenvalue weighted by Gasteiger charge is 2.10. The number of hydrogen-bond donors (Lipinski definition) is 3. The molecule has 0 spiro atoms. The number of nitrogens with zero attached hydrogens (tertiary/aromatic N) is 1. The zero-order valence-corrected chi connectivity index (χ0v) is 13.2. The van der Waals surface area contributed by atoms with Gasteiger partial charge in [0.25, 0.3) is 0 Å². The number of para-hydroxylation sites is 1. The normalized spacial score (nSPS) is 11.7. The Hall–Kier alpha value is -2.47. The number of rotatable bonds is 8. The van der Waals surface area contributed by atoms with Crippen LogP contribution in [0.3, 0.4) is 0 Å². The van der Waals surface area contributed by atoms with Crippen LogP contribution in [0.2, 0.25) is 0 Å². The van der Waals surface area contributed by atoms with Crippen molar-refractivity contribution in [3.8, 4) is 5.75 Å². The van der Waals surface area contributed by atoms with Crippen molar-refractivity contribution in [2.75, 3.05) is 19.7 Å². The van der Waals surface area contributed by atoms with E-state index < -0.39 is 6.10 Å². The van der Waals surface area contributed by atoms with Crippen molar-refractivity contribution in [3.63, 3.8) is 0 Å². The summed E-state index contributed by atoms with van der Waals surface area (Å²) in [4.78, 5) is 11.6. The Morgan fingerprint density at radius 1 is 1.17 bits per heavy atom. The smallest absolute Gasteiger partial charge is 0.314 e. The number of aryl methyl sites for hydroxylation is 1. The van der Waals surface area contributed by atoms with Crippen LogP contribution in [-0.2, 0) is 7.05 Å². The highest BCUT2D eigenvalue weighted by molar-refractivity contribution is 5.73. The summed E-state index contributed by atoms with van der Waals surface area (Å²) in [6.07, 6.45) is 1.76. The van der Waals surface area contributed by atoms with E-state index >= 15 is 0 Å². The van der Waals surface area contributed by atoms with E-state index in [1.165, 1.54) is 0 Å². The maximum atomic E-state index is 11.6. The van der Waals surface area contributed by atoms with Gasteiger partial charge in [0, 0.05) is 25.5 Å². The molecule has 6 nitrogen and oxygen atoms in total. The second-order valence-electron chi connectivity index (χ2n) is 5.19. The van der Waals surface area contributed by atoms with Gasteiger partial charge in [-0.05, 0) is 30.7 Å². The third-order valence-corrected chi connectivity index (χ3v) is 3.43. The Labute approximate surface area is 136 Å². The van der Waals surface area contributed by atoms with E-state index in [-0.39, 0.29) is 6.03 Å². The molecule has 0 unspecified atom stereocenters. The van der Waals surface area contributed by atoms with E-state index in [2.05, 4.69) is 10.6 Å². The molecule has 1 aromatic carbocycles. The standard InChI is InChI=1S/C17H23N3O3/c1-20-12-5-8-15(20)16(21)9-10-18-17(22)19-11-13-23-14-6-3-2-4-7-14/h2-8,12,16,21H,9-11,13H2,1H3,(H2,18,19,22)/t16-/m0/s1. The van der Waals surface area contributed by atoms with Gasteiger partial charge >= 0.3 is 6.03 Å². The summed E-state index contributed by atoms with van der Waals surface area (Å²) in [7, 11) is 1.88. The zero-order chi connectivity index (χ0) is 16.5. The van der Waals surface area contributed by atoms with E-state index in [1.54, 1.807) is 0 Å². The monoisotopic (exact) mass is 317 g/mol. The van der Waals surface area contributed by atoms with Crippen LogP contribution in [-0.4, -0.2) is 35.4 Å². The Bertz CT molecular complexity index is 598.